The first kappa shape index (κ1) is 20.2. The van der Waals surface area contributed by atoms with Crippen molar-refractivity contribution in [3.8, 4) is 17.2 Å². The third-order valence-electron chi connectivity index (χ3n) is 3.17. The molecule has 0 fully saturated rings. The van der Waals surface area contributed by atoms with Crippen LogP contribution >= 0.6 is 0 Å². The van der Waals surface area contributed by atoms with Gasteiger partial charge in [-0.05, 0) is 48.0 Å². The summed E-state index contributed by atoms with van der Waals surface area (Å²) in [4.78, 5) is 33.0. The van der Waals surface area contributed by atoms with Gasteiger partial charge >= 0.3 is 0 Å². The fourth-order valence-electron chi connectivity index (χ4n) is 1.95. The summed E-state index contributed by atoms with van der Waals surface area (Å²) >= 11 is 0. The number of carboxylic acid groups (broad SMARTS) is 2. The van der Waals surface area contributed by atoms with Crippen molar-refractivity contribution in [1.82, 2.24) is 5.43 Å². The fourth-order valence-corrected chi connectivity index (χ4v) is 1.95. The highest BCUT2D eigenvalue weighted by Gasteiger charge is 2.08. The van der Waals surface area contributed by atoms with Crippen molar-refractivity contribution in [2.75, 3.05) is 13.2 Å². The number of aromatic hydroxyl groups is 1. The van der Waals surface area contributed by atoms with Crippen LogP contribution in [-0.4, -0.2) is 42.4 Å². The largest absolute Gasteiger partial charge is 0.546 e. The first-order chi connectivity index (χ1) is 13.3. The maximum absolute atomic E-state index is 11.9. The van der Waals surface area contributed by atoms with Crippen molar-refractivity contribution < 1.29 is 39.2 Å². The summed E-state index contributed by atoms with van der Waals surface area (Å²) in [6, 6.07) is 9.69. The Balaban J connectivity index is 2.08. The molecule has 0 radical (unpaired) electrons. The van der Waals surface area contributed by atoms with E-state index in [1.807, 2.05) is 0 Å². The minimum absolute atomic E-state index is 0.0178. The molecule has 0 aliphatic carbocycles. The van der Waals surface area contributed by atoms with Crippen molar-refractivity contribution in [1.29, 1.82) is 0 Å². The zero-order valence-electron chi connectivity index (χ0n) is 14.3. The molecule has 0 heterocycles. The van der Waals surface area contributed by atoms with Gasteiger partial charge in [0.25, 0.3) is 5.91 Å². The summed E-state index contributed by atoms with van der Waals surface area (Å²) in [6.07, 6.45) is 1.26. The van der Waals surface area contributed by atoms with Crippen LogP contribution in [0.5, 0.6) is 17.2 Å². The quantitative estimate of drug-likeness (QED) is 0.385. The molecule has 10 heteroatoms. The Kier molecular flexibility index (Phi) is 6.92. The summed E-state index contributed by atoms with van der Waals surface area (Å²) < 4.78 is 9.97. The molecule has 0 saturated heterocycles. The van der Waals surface area contributed by atoms with E-state index < -0.39 is 31.1 Å². The minimum Gasteiger partial charge on any atom is -0.546 e. The lowest BCUT2D eigenvalue weighted by atomic mass is 10.2. The van der Waals surface area contributed by atoms with Crippen LogP contribution in [0.2, 0.25) is 0 Å². The lowest BCUT2D eigenvalue weighted by Gasteiger charge is -2.14. The van der Waals surface area contributed by atoms with Crippen LogP contribution in [0, 0.1) is 0 Å². The number of hydrogen-bond acceptors (Lipinski definition) is 9. The average Bonchev–Trinajstić information content (AvgIpc) is 2.65. The predicted octanol–water partition coefficient (Wildman–Crippen LogP) is -1.59. The van der Waals surface area contributed by atoms with Crippen LogP contribution in [0.1, 0.15) is 15.9 Å². The van der Waals surface area contributed by atoms with Crippen molar-refractivity contribution in [3.63, 3.8) is 0 Å². The zero-order chi connectivity index (χ0) is 20.5. The SMILES string of the molecule is O=C([O-])COc1ccc(C=NNC(=O)c2ccc(O)cc2)cc1OCC(=O)[O-]. The maximum Gasteiger partial charge on any atom is 0.271 e. The van der Waals surface area contributed by atoms with Gasteiger partial charge in [0.05, 0.1) is 18.2 Å². The van der Waals surface area contributed by atoms with Gasteiger partial charge in [-0.2, -0.15) is 5.10 Å². The molecule has 0 atom stereocenters. The Morgan fingerprint density at radius 2 is 1.57 bits per heavy atom. The minimum atomic E-state index is -1.48. The number of aliphatic carboxylic acids is 2. The number of hydrogen-bond donors (Lipinski definition) is 2. The van der Waals surface area contributed by atoms with Crippen LogP contribution in [0.15, 0.2) is 47.6 Å². The van der Waals surface area contributed by atoms with E-state index in [9.17, 15) is 29.7 Å². The van der Waals surface area contributed by atoms with Gasteiger partial charge in [0.1, 0.15) is 19.0 Å². The fraction of sp³-hybridized carbons (Fsp3) is 0.111. The number of carboxylic acids is 2. The van der Waals surface area contributed by atoms with E-state index >= 15 is 0 Å². The lowest BCUT2D eigenvalue weighted by Crippen LogP contribution is -2.30. The molecule has 0 bridgehead atoms. The topological polar surface area (TPSA) is 160 Å². The van der Waals surface area contributed by atoms with E-state index in [0.717, 1.165) is 0 Å². The van der Waals surface area contributed by atoms with Crippen LogP contribution < -0.4 is 25.1 Å². The lowest BCUT2D eigenvalue weighted by molar-refractivity contribution is -0.309. The number of nitrogens with zero attached hydrogens (tertiary/aromatic N) is 1. The highest BCUT2D eigenvalue weighted by Crippen LogP contribution is 2.28. The molecule has 1 amide bonds. The van der Waals surface area contributed by atoms with Crippen LogP contribution in [0.25, 0.3) is 0 Å². The Hall–Kier alpha value is -4.08. The van der Waals surface area contributed by atoms with E-state index in [-0.39, 0.29) is 22.8 Å². The van der Waals surface area contributed by atoms with Crippen molar-refractivity contribution >= 4 is 24.1 Å². The molecule has 0 spiro atoms. The molecule has 2 aromatic carbocycles. The Bertz CT molecular complexity index is 893. The van der Waals surface area contributed by atoms with Crippen molar-refractivity contribution in [2.45, 2.75) is 0 Å². The van der Waals surface area contributed by atoms with Crippen molar-refractivity contribution in [2.24, 2.45) is 5.10 Å². The normalized spacial score (nSPS) is 10.4. The number of hydrazone groups is 1. The molecule has 28 heavy (non-hydrogen) atoms. The van der Waals surface area contributed by atoms with Gasteiger partial charge in [-0.15, -0.1) is 0 Å². The van der Waals surface area contributed by atoms with E-state index in [2.05, 4.69) is 10.5 Å². The van der Waals surface area contributed by atoms with E-state index in [1.54, 1.807) is 0 Å². The number of carbonyl (C=O) groups is 3. The van der Waals surface area contributed by atoms with Gasteiger partial charge < -0.3 is 34.4 Å². The molecule has 0 aromatic heterocycles. The molecule has 10 nitrogen and oxygen atoms in total. The summed E-state index contributed by atoms with van der Waals surface area (Å²) in [6.45, 7) is -1.53. The van der Waals surface area contributed by atoms with Gasteiger partial charge in [-0.3, -0.25) is 4.79 Å². The van der Waals surface area contributed by atoms with Crippen molar-refractivity contribution in [3.05, 3.63) is 53.6 Å². The number of phenolic OH excluding ortho intramolecular Hbond substituents is 1. The number of ether oxygens (including phenoxy) is 2. The number of nitrogens with one attached hydrogen (secondary N) is 1. The zero-order valence-corrected chi connectivity index (χ0v) is 14.3. The Morgan fingerprint density at radius 3 is 2.18 bits per heavy atom. The van der Waals surface area contributed by atoms with Crippen LogP contribution in [-0.2, 0) is 9.59 Å². The summed E-state index contributed by atoms with van der Waals surface area (Å²) in [7, 11) is 0. The Labute approximate surface area is 158 Å². The standard InChI is InChI=1S/C18H16N2O8/c21-13-4-2-12(3-5-13)18(26)20-19-8-11-1-6-14(27-9-16(22)23)15(7-11)28-10-17(24)25/h1-8,21H,9-10H2,(H,20,26)(H,22,23)(H,24,25)/p-2. The molecule has 0 saturated carbocycles. The second-order valence-electron chi connectivity index (χ2n) is 5.27. The molecular formula is C18H14N2O8-2. The second-order valence-corrected chi connectivity index (χ2v) is 5.27. The molecule has 2 aromatic rings. The number of amides is 1. The molecule has 2 N–H and O–H groups in total. The van der Waals surface area contributed by atoms with Gasteiger partial charge in [0.2, 0.25) is 0 Å². The van der Waals surface area contributed by atoms with Gasteiger partial charge in [-0.25, -0.2) is 5.43 Å². The van der Waals surface area contributed by atoms with E-state index in [1.165, 1.54) is 48.7 Å². The van der Waals surface area contributed by atoms with E-state index in [4.69, 9.17) is 9.47 Å². The van der Waals surface area contributed by atoms with Gasteiger partial charge in [0, 0.05) is 5.56 Å². The second kappa shape index (κ2) is 9.57. The number of benzene rings is 2. The third-order valence-corrected chi connectivity index (χ3v) is 3.17. The summed E-state index contributed by atoms with van der Waals surface area (Å²) in [5.41, 5.74) is 2.96. The van der Waals surface area contributed by atoms with Crippen LogP contribution in [0.4, 0.5) is 0 Å². The van der Waals surface area contributed by atoms with Gasteiger partial charge in [-0.1, -0.05) is 0 Å². The summed E-state index contributed by atoms with van der Waals surface area (Å²) in [5.74, 6) is -3.52. The first-order valence-electron chi connectivity index (χ1n) is 7.77. The molecule has 0 aliphatic rings. The summed E-state index contributed by atoms with van der Waals surface area (Å²) in [5, 5.41) is 34.0. The molecule has 0 unspecified atom stereocenters. The average molecular weight is 386 g/mol. The first-order valence-corrected chi connectivity index (χ1v) is 7.77. The predicted molar refractivity (Wildman–Crippen MR) is 90.6 cm³/mol. The maximum atomic E-state index is 11.9. The van der Waals surface area contributed by atoms with Crippen LogP contribution in [0.3, 0.4) is 0 Å². The van der Waals surface area contributed by atoms with Gasteiger partial charge in [0.15, 0.2) is 11.5 Å². The smallest absolute Gasteiger partial charge is 0.271 e. The molecule has 0 aliphatic heterocycles. The highest BCUT2D eigenvalue weighted by atomic mass is 16.5. The highest BCUT2D eigenvalue weighted by molar-refractivity contribution is 5.95. The molecule has 2 rings (SSSR count). The number of carbonyl (C=O) groups excluding carboxylic acids is 3. The monoisotopic (exact) mass is 386 g/mol. The number of phenols is 1. The Morgan fingerprint density at radius 1 is 0.964 bits per heavy atom. The molecule has 146 valence electrons. The molecular weight excluding hydrogens is 372 g/mol. The van der Waals surface area contributed by atoms with E-state index in [0.29, 0.717) is 5.56 Å². The number of rotatable bonds is 9. The third kappa shape index (κ3) is 6.33.